The number of aromatic nitrogens is 2. The van der Waals surface area contributed by atoms with E-state index in [-0.39, 0.29) is 0 Å². The van der Waals surface area contributed by atoms with Gasteiger partial charge in [-0.2, -0.15) is 0 Å². The second-order valence-electron chi connectivity index (χ2n) is 5.86. The second kappa shape index (κ2) is 7.18. The van der Waals surface area contributed by atoms with Crippen LogP contribution in [-0.2, 0) is 0 Å². The van der Waals surface area contributed by atoms with Gasteiger partial charge in [0.2, 0.25) is 0 Å². The number of hydrogen-bond donors (Lipinski definition) is 1. The minimum atomic E-state index is 0.770. The molecule has 4 aromatic rings. The molecule has 0 fully saturated rings. The highest BCUT2D eigenvalue weighted by Crippen LogP contribution is 2.39. The topological polar surface area (TPSA) is 37.9 Å². The lowest BCUT2D eigenvalue weighted by molar-refractivity contribution is 0.416. The summed E-state index contributed by atoms with van der Waals surface area (Å²) in [6, 6.07) is 26.3. The number of benzene rings is 3. The number of hydrogen-bond acceptors (Lipinski definition) is 2. The zero-order chi connectivity index (χ0) is 17.9. The number of imidazole rings is 1. The summed E-state index contributed by atoms with van der Waals surface area (Å²) in [5, 5.41) is 0. The fourth-order valence-corrected chi connectivity index (χ4v) is 3.55. The Hall–Kier alpha value is -2.85. The Bertz CT molecular complexity index is 970. The lowest BCUT2D eigenvalue weighted by Crippen LogP contribution is -1.90. The van der Waals surface area contributed by atoms with Crippen molar-refractivity contribution in [3.63, 3.8) is 0 Å². The standard InChI is InChI=1S/C22H17BrN2O/c1-26-18-14-8-13-17(23)19(18)22-24-20(15-9-4-2-5-10-15)21(25-22)16-11-6-3-7-12-16/h2-14H,1H3,(H,24,25). The van der Waals surface area contributed by atoms with E-state index in [2.05, 4.69) is 45.2 Å². The molecule has 26 heavy (non-hydrogen) atoms. The van der Waals surface area contributed by atoms with Crippen molar-refractivity contribution in [2.45, 2.75) is 0 Å². The first kappa shape index (κ1) is 16.6. The van der Waals surface area contributed by atoms with Gasteiger partial charge in [-0.25, -0.2) is 4.98 Å². The Labute approximate surface area is 160 Å². The summed E-state index contributed by atoms with van der Waals surface area (Å²) in [7, 11) is 1.67. The molecule has 0 aliphatic carbocycles. The first-order valence-electron chi connectivity index (χ1n) is 8.31. The third kappa shape index (κ3) is 3.04. The van der Waals surface area contributed by atoms with Crippen LogP contribution in [0.15, 0.2) is 83.3 Å². The highest BCUT2D eigenvalue weighted by molar-refractivity contribution is 9.10. The molecule has 0 aliphatic rings. The molecule has 0 saturated heterocycles. The molecule has 0 bridgehead atoms. The van der Waals surface area contributed by atoms with Crippen molar-refractivity contribution in [1.82, 2.24) is 9.97 Å². The monoisotopic (exact) mass is 404 g/mol. The van der Waals surface area contributed by atoms with E-state index >= 15 is 0 Å². The molecule has 1 aromatic heterocycles. The van der Waals surface area contributed by atoms with Gasteiger partial charge in [0.05, 0.1) is 24.1 Å². The molecular formula is C22H17BrN2O. The van der Waals surface area contributed by atoms with Crippen molar-refractivity contribution in [2.75, 3.05) is 7.11 Å². The van der Waals surface area contributed by atoms with Gasteiger partial charge in [0.15, 0.2) is 0 Å². The lowest BCUT2D eigenvalue weighted by Gasteiger charge is -2.07. The van der Waals surface area contributed by atoms with E-state index in [0.717, 1.165) is 44.1 Å². The fraction of sp³-hybridized carbons (Fsp3) is 0.0455. The number of aromatic amines is 1. The Kier molecular flexibility index (Phi) is 4.59. The molecule has 0 atom stereocenters. The lowest BCUT2D eigenvalue weighted by atomic mass is 10.1. The number of nitrogens with zero attached hydrogens (tertiary/aromatic N) is 1. The molecule has 4 rings (SSSR count). The second-order valence-corrected chi connectivity index (χ2v) is 6.71. The van der Waals surface area contributed by atoms with E-state index in [1.807, 2.05) is 54.6 Å². The molecule has 0 unspecified atom stereocenters. The van der Waals surface area contributed by atoms with Crippen molar-refractivity contribution in [2.24, 2.45) is 0 Å². The maximum atomic E-state index is 5.55. The predicted octanol–water partition coefficient (Wildman–Crippen LogP) is 6.18. The van der Waals surface area contributed by atoms with Gasteiger partial charge in [0.1, 0.15) is 11.6 Å². The molecule has 0 saturated carbocycles. The Morgan fingerprint density at radius 1 is 0.808 bits per heavy atom. The average Bonchev–Trinajstić information content (AvgIpc) is 3.14. The van der Waals surface area contributed by atoms with Crippen LogP contribution in [0, 0.1) is 0 Å². The Morgan fingerprint density at radius 3 is 2.12 bits per heavy atom. The maximum absolute atomic E-state index is 5.55. The molecule has 128 valence electrons. The zero-order valence-corrected chi connectivity index (χ0v) is 15.8. The van der Waals surface area contributed by atoms with Crippen LogP contribution in [0.2, 0.25) is 0 Å². The average molecular weight is 405 g/mol. The zero-order valence-electron chi connectivity index (χ0n) is 14.2. The summed E-state index contributed by atoms with van der Waals surface area (Å²) >= 11 is 3.63. The third-order valence-corrected chi connectivity index (χ3v) is 4.91. The van der Waals surface area contributed by atoms with Gasteiger partial charge in [-0.15, -0.1) is 0 Å². The third-order valence-electron chi connectivity index (χ3n) is 4.25. The minimum absolute atomic E-state index is 0.770. The van der Waals surface area contributed by atoms with E-state index < -0.39 is 0 Å². The van der Waals surface area contributed by atoms with Crippen LogP contribution in [0.3, 0.4) is 0 Å². The first-order valence-corrected chi connectivity index (χ1v) is 9.11. The number of H-pyrrole nitrogens is 1. The number of nitrogens with one attached hydrogen (secondary N) is 1. The molecule has 0 radical (unpaired) electrons. The van der Waals surface area contributed by atoms with Crippen LogP contribution >= 0.6 is 15.9 Å². The fourth-order valence-electron chi connectivity index (χ4n) is 3.01. The Morgan fingerprint density at radius 2 is 1.46 bits per heavy atom. The molecule has 0 aliphatic heterocycles. The smallest absolute Gasteiger partial charge is 0.143 e. The number of rotatable bonds is 4. The molecular weight excluding hydrogens is 388 g/mol. The summed E-state index contributed by atoms with van der Waals surface area (Å²) < 4.78 is 6.49. The summed E-state index contributed by atoms with van der Waals surface area (Å²) in [6.07, 6.45) is 0. The summed E-state index contributed by atoms with van der Waals surface area (Å²) in [6.45, 7) is 0. The van der Waals surface area contributed by atoms with Crippen LogP contribution in [0.5, 0.6) is 5.75 Å². The summed E-state index contributed by atoms with van der Waals surface area (Å²) in [4.78, 5) is 8.44. The SMILES string of the molecule is COc1cccc(Br)c1-c1nc(-c2ccccc2)c(-c2ccccc2)[nH]1. The van der Waals surface area contributed by atoms with Gasteiger partial charge in [0.25, 0.3) is 0 Å². The normalized spacial score (nSPS) is 10.7. The molecule has 1 N–H and O–H groups in total. The van der Waals surface area contributed by atoms with Crippen molar-refractivity contribution >= 4 is 15.9 Å². The summed E-state index contributed by atoms with van der Waals surface area (Å²) in [5.74, 6) is 1.54. The van der Waals surface area contributed by atoms with Gasteiger partial charge in [-0.05, 0) is 28.1 Å². The number of halogens is 1. The minimum Gasteiger partial charge on any atom is -0.496 e. The van der Waals surface area contributed by atoms with Crippen molar-refractivity contribution in [1.29, 1.82) is 0 Å². The van der Waals surface area contributed by atoms with Gasteiger partial charge >= 0.3 is 0 Å². The van der Waals surface area contributed by atoms with Crippen LogP contribution in [-0.4, -0.2) is 17.1 Å². The van der Waals surface area contributed by atoms with Crippen LogP contribution in [0.1, 0.15) is 0 Å². The van der Waals surface area contributed by atoms with Crippen LogP contribution in [0.4, 0.5) is 0 Å². The quantitative estimate of drug-likeness (QED) is 0.440. The van der Waals surface area contributed by atoms with Gasteiger partial charge in [-0.1, -0.05) is 66.7 Å². The first-order chi connectivity index (χ1) is 12.8. The number of ether oxygens (including phenoxy) is 1. The van der Waals surface area contributed by atoms with E-state index in [1.165, 1.54) is 0 Å². The van der Waals surface area contributed by atoms with Crippen LogP contribution in [0.25, 0.3) is 33.9 Å². The Balaban J connectivity index is 1.96. The van der Waals surface area contributed by atoms with Crippen molar-refractivity contribution in [3.05, 3.63) is 83.3 Å². The largest absolute Gasteiger partial charge is 0.496 e. The van der Waals surface area contributed by atoms with E-state index in [0.29, 0.717) is 0 Å². The van der Waals surface area contributed by atoms with Crippen molar-refractivity contribution in [3.8, 4) is 39.7 Å². The predicted molar refractivity (Wildman–Crippen MR) is 109 cm³/mol. The van der Waals surface area contributed by atoms with E-state index in [9.17, 15) is 0 Å². The van der Waals surface area contributed by atoms with E-state index in [1.54, 1.807) is 7.11 Å². The van der Waals surface area contributed by atoms with Crippen LogP contribution < -0.4 is 4.74 Å². The molecule has 4 heteroatoms. The van der Waals surface area contributed by atoms with Crippen molar-refractivity contribution < 1.29 is 4.74 Å². The number of methoxy groups -OCH3 is 1. The summed E-state index contributed by atoms with van der Waals surface area (Å²) in [5.41, 5.74) is 4.99. The molecule has 3 aromatic carbocycles. The van der Waals surface area contributed by atoms with E-state index in [4.69, 9.17) is 9.72 Å². The molecule has 0 spiro atoms. The molecule has 3 nitrogen and oxygen atoms in total. The van der Waals surface area contributed by atoms with Gasteiger partial charge in [0, 0.05) is 15.6 Å². The van der Waals surface area contributed by atoms with Gasteiger partial charge in [-0.3, -0.25) is 0 Å². The highest BCUT2D eigenvalue weighted by Gasteiger charge is 2.19. The van der Waals surface area contributed by atoms with Gasteiger partial charge < -0.3 is 9.72 Å². The highest BCUT2D eigenvalue weighted by atomic mass is 79.9. The maximum Gasteiger partial charge on any atom is 0.143 e. The molecule has 0 amide bonds. The molecule has 1 heterocycles.